The average Bonchev–Trinajstić information content (AvgIpc) is 3.20. The minimum atomic E-state index is -4.05. The maximum atomic E-state index is 12.3. The van der Waals surface area contributed by atoms with Gasteiger partial charge < -0.3 is 5.73 Å². The monoisotopic (exact) mass is 292 g/mol. The van der Waals surface area contributed by atoms with Crippen LogP contribution in [0.1, 0.15) is 51.9 Å². The Balaban J connectivity index is 1.88. The third-order valence-electron chi connectivity index (χ3n) is 4.73. The minimum absolute atomic E-state index is 0.184. The lowest BCUT2D eigenvalue weighted by Gasteiger charge is -2.41. The first-order chi connectivity index (χ1) is 9.32. The van der Waals surface area contributed by atoms with E-state index in [-0.39, 0.29) is 12.0 Å². The van der Waals surface area contributed by atoms with E-state index in [4.69, 9.17) is 5.73 Å². The average molecular weight is 292 g/mol. The highest BCUT2D eigenvalue weighted by molar-refractivity contribution is 4.93. The van der Waals surface area contributed by atoms with E-state index in [0.717, 1.165) is 24.9 Å². The van der Waals surface area contributed by atoms with Gasteiger partial charge in [-0.05, 0) is 57.3 Å². The zero-order valence-corrected chi connectivity index (χ0v) is 12.4. The third-order valence-corrected chi connectivity index (χ3v) is 4.73. The number of nitrogens with zero attached hydrogens (tertiary/aromatic N) is 1. The van der Waals surface area contributed by atoms with Gasteiger partial charge in [-0.2, -0.15) is 13.2 Å². The molecule has 0 aromatic heterocycles. The van der Waals surface area contributed by atoms with Crippen molar-refractivity contribution in [2.75, 3.05) is 19.6 Å². The Hall–Kier alpha value is -0.290. The Morgan fingerprint density at radius 2 is 1.50 bits per heavy atom. The van der Waals surface area contributed by atoms with Crippen LogP contribution >= 0.6 is 0 Å². The number of alkyl halides is 3. The maximum absolute atomic E-state index is 12.3. The van der Waals surface area contributed by atoms with Crippen LogP contribution in [0.5, 0.6) is 0 Å². The van der Waals surface area contributed by atoms with Gasteiger partial charge in [0.05, 0.1) is 0 Å². The highest BCUT2D eigenvalue weighted by Gasteiger charge is 2.38. The fourth-order valence-corrected chi connectivity index (χ4v) is 2.80. The summed E-state index contributed by atoms with van der Waals surface area (Å²) in [5, 5.41) is 0. The van der Waals surface area contributed by atoms with Crippen LogP contribution in [0.2, 0.25) is 0 Å². The van der Waals surface area contributed by atoms with Gasteiger partial charge in [0.15, 0.2) is 0 Å². The van der Waals surface area contributed by atoms with Crippen LogP contribution in [0.4, 0.5) is 13.2 Å². The number of rotatable bonds is 9. The van der Waals surface area contributed by atoms with Crippen LogP contribution in [0.15, 0.2) is 0 Å². The molecule has 0 bridgehead atoms. The van der Waals surface area contributed by atoms with Crippen molar-refractivity contribution in [2.24, 2.45) is 17.6 Å². The number of halogens is 3. The summed E-state index contributed by atoms with van der Waals surface area (Å²) >= 11 is 0. The second-order valence-electron chi connectivity index (χ2n) is 6.96. The Bertz CT molecular complexity index is 297. The Morgan fingerprint density at radius 3 is 1.85 bits per heavy atom. The molecule has 1 unspecified atom stereocenters. The predicted octanol–water partition coefficient (Wildman–Crippen LogP) is 3.56. The highest BCUT2D eigenvalue weighted by atomic mass is 19.4. The van der Waals surface area contributed by atoms with E-state index in [1.807, 2.05) is 6.92 Å². The molecular formula is C15H27F3N2. The summed E-state index contributed by atoms with van der Waals surface area (Å²) in [5.74, 6) is 1.50. The summed E-state index contributed by atoms with van der Waals surface area (Å²) in [6.45, 7) is 4.55. The molecule has 0 aliphatic heterocycles. The van der Waals surface area contributed by atoms with Crippen LogP contribution < -0.4 is 5.73 Å². The van der Waals surface area contributed by atoms with Crippen LogP contribution in [0, 0.1) is 11.8 Å². The van der Waals surface area contributed by atoms with Gasteiger partial charge in [-0.1, -0.05) is 0 Å². The molecule has 0 aromatic carbocycles. The first-order valence-corrected chi connectivity index (χ1v) is 7.84. The number of nitrogens with two attached hydrogens (primary N) is 1. The summed E-state index contributed by atoms with van der Waals surface area (Å²) in [4.78, 5) is 2.40. The molecule has 0 heterocycles. The standard InChI is InChI=1S/C15H27F3N2/c1-14(11-19,7-2-8-15(16,17)18)20(9-12-3-4-12)10-13-5-6-13/h12-13H,2-11,19H2,1H3. The summed E-state index contributed by atoms with van der Waals surface area (Å²) in [6, 6.07) is 0. The van der Waals surface area contributed by atoms with Gasteiger partial charge in [-0.15, -0.1) is 0 Å². The fourth-order valence-electron chi connectivity index (χ4n) is 2.80. The second-order valence-corrected chi connectivity index (χ2v) is 6.96. The largest absolute Gasteiger partial charge is 0.389 e. The Morgan fingerprint density at radius 1 is 1.00 bits per heavy atom. The van der Waals surface area contributed by atoms with Crippen molar-refractivity contribution in [3.05, 3.63) is 0 Å². The first-order valence-electron chi connectivity index (χ1n) is 7.84. The normalized spacial score (nSPS) is 23.1. The number of hydrogen-bond donors (Lipinski definition) is 1. The molecule has 20 heavy (non-hydrogen) atoms. The van der Waals surface area contributed by atoms with Gasteiger partial charge in [-0.25, -0.2) is 0 Å². The Kier molecular flexibility index (Phi) is 5.00. The molecule has 0 saturated heterocycles. The maximum Gasteiger partial charge on any atom is 0.389 e. The van der Waals surface area contributed by atoms with Gasteiger partial charge in [0.1, 0.15) is 0 Å². The van der Waals surface area contributed by atoms with E-state index < -0.39 is 12.6 Å². The van der Waals surface area contributed by atoms with Gasteiger partial charge in [0.2, 0.25) is 0 Å². The lowest BCUT2D eigenvalue weighted by atomic mass is 9.91. The summed E-state index contributed by atoms with van der Waals surface area (Å²) in [6.07, 6.45) is 1.06. The summed E-state index contributed by atoms with van der Waals surface area (Å²) in [7, 11) is 0. The molecule has 1 atom stereocenters. The number of hydrogen-bond acceptors (Lipinski definition) is 2. The SMILES string of the molecule is CC(CN)(CCCC(F)(F)F)N(CC1CC1)CC1CC1. The van der Waals surface area contributed by atoms with Crippen molar-refractivity contribution in [1.82, 2.24) is 4.90 Å². The van der Waals surface area contributed by atoms with E-state index >= 15 is 0 Å². The minimum Gasteiger partial charge on any atom is -0.329 e. The van der Waals surface area contributed by atoms with Gasteiger partial charge in [0.25, 0.3) is 0 Å². The smallest absolute Gasteiger partial charge is 0.329 e. The van der Waals surface area contributed by atoms with Crippen molar-refractivity contribution in [3.63, 3.8) is 0 Å². The second kappa shape index (κ2) is 6.22. The molecule has 2 nitrogen and oxygen atoms in total. The molecule has 0 aromatic rings. The van der Waals surface area contributed by atoms with E-state index in [2.05, 4.69) is 4.90 Å². The molecule has 2 N–H and O–H groups in total. The molecule has 0 spiro atoms. The molecule has 2 aliphatic rings. The molecule has 5 heteroatoms. The van der Waals surface area contributed by atoms with Crippen LogP contribution in [-0.4, -0.2) is 36.2 Å². The molecule has 2 fully saturated rings. The van der Waals surface area contributed by atoms with Crippen LogP contribution in [0.3, 0.4) is 0 Å². The van der Waals surface area contributed by atoms with Crippen LogP contribution in [-0.2, 0) is 0 Å². The van der Waals surface area contributed by atoms with Crippen molar-refractivity contribution in [2.45, 2.75) is 63.6 Å². The topological polar surface area (TPSA) is 29.3 Å². The molecule has 118 valence electrons. The summed E-state index contributed by atoms with van der Waals surface area (Å²) in [5.41, 5.74) is 5.66. The first kappa shape index (κ1) is 16.1. The molecule has 2 rings (SSSR count). The molecule has 2 saturated carbocycles. The van der Waals surface area contributed by atoms with Gasteiger partial charge >= 0.3 is 6.18 Å². The molecule has 0 radical (unpaired) electrons. The van der Waals surface area contributed by atoms with Crippen molar-refractivity contribution >= 4 is 0 Å². The molecule has 0 amide bonds. The summed E-state index contributed by atoms with van der Waals surface area (Å²) < 4.78 is 37.0. The zero-order chi connectivity index (χ0) is 14.8. The predicted molar refractivity (Wildman–Crippen MR) is 74.4 cm³/mol. The fraction of sp³-hybridized carbons (Fsp3) is 1.00. The van der Waals surface area contributed by atoms with Crippen molar-refractivity contribution < 1.29 is 13.2 Å². The molecular weight excluding hydrogens is 265 g/mol. The van der Waals surface area contributed by atoms with Gasteiger partial charge in [0, 0.05) is 31.6 Å². The van der Waals surface area contributed by atoms with E-state index in [1.54, 1.807) is 0 Å². The zero-order valence-electron chi connectivity index (χ0n) is 12.4. The van der Waals surface area contributed by atoms with E-state index in [0.29, 0.717) is 13.0 Å². The third kappa shape index (κ3) is 5.24. The van der Waals surface area contributed by atoms with Crippen LogP contribution in [0.25, 0.3) is 0 Å². The van der Waals surface area contributed by atoms with Crippen molar-refractivity contribution in [3.8, 4) is 0 Å². The lowest BCUT2D eigenvalue weighted by Crippen LogP contribution is -2.53. The quantitative estimate of drug-likeness (QED) is 0.704. The lowest BCUT2D eigenvalue weighted by molar-refractivity contribution is -0.137. The Labute approximate surface area is 119 Å². The molecule has 2 aliphatic carbocycles. The van der Waals surface area contributed by atoms with E-state index in [1.165, 1.54) is 25.7 Å². The highest BCUT2D eigenvalue weighted by Crippen LogP contribution is 2.38. The van der Waals surface area contributed by atoms with E-state index in [9.17, 15) is 13.2 Å². The van der Waals surface area contributed by atoms with Crippen molar-refractivity contribution in [1.29, 1.82) is 0 Å². The van der Waals surface area contributed by atoms with Gasteiger partial charge in [-0.3, -0.25) is 4.90 Å².